The molecule has 0 bridgehead atoms. The number of likely N-dealkylation sites (tertiary alicyclic amines) is 1. The fourth-order valence-corrected chi connectivity index (χ4v) is 12.9. The van der Waals surface area contributed by atoms with E-state index >= 15 is 0 Å². The summed E-state index contributed by atoms with van der Waals surface area (Å²) in [5.41, 5.74) is 2.82. The lowest BCUT2D eigenvalue weighted by atomic mass is 9.81. The van der Waals surface area contributed by atoms with Crippen molar-refractivity contribution in [2.75, 3.05) is 20.2 Å². The van der Waals surface area contributed by atoms with Gasteiger partial charge in [-0.1, -0.05) is 48.5 Å². The maximum Gasteiger partial charge on any atom is 0.407 e. The number of amides is 1. The van der Waals surface area contributed by atoms with E-state index in [2.05, 4.69) is 52.0 Å². The van der Waals surface area contributed by atoms with Crippen LogP contribution in [0.5, 0.6) is 5.75 Å². The Morgan fingerprint density at radius 1 is 1.15 bits per heavy atom. The molecule has 2 aromatic heterocycles. The van der Waals surface area contributed by atoms with Crippen molar-refractivity contribution in [3.05, 3.63) is 24.0 Å². The molecule has 2 aromatic rings. The number of fused-ring (bicyclic) bond motifs is 1. The predicted molar refractivity (Wildman–Crippen MR) is 134 cm³/mol. The fourth-order valence-electron chi connectivity index (χ4n) is 6.39. The summed E-state index contributed by atoms with van der Waals surface area (Å²) in [7, 11) is -0.509. The van der Waals surface area contributed by atoms with Crippen molar-refractivity contribution in [3.8, 4) is 5.75 Å². The van der Waals surface area contributed by atoms with Crippen molar-refractivity contribution in [2.24, 2.45) is 11.8 Å². The van der Waals surface area contributed by atoms with Gasteiger partial charge in [-0.2, -0.15) is 0 Å². The molecular weight excluding hydrogens is 434 g/mol. The molecule has 0 aromatic carbocycles. The lowest BCUT2D eigenvalue weighted by Gasteiger charge is -2.44. The van der Waals surface area contributed by atoms with Gasteiger partial charge in [0.1, 0.15) is 11.4 Å². The van der Waals surface area contributed by atoms with Crippen molar-refractivity contribution < 1.29 is 19.4 Å². The topological polar surface area (TPSA) is 84.7 Å². The fraction of sp³-hybridized carbons (Fsp3) is 0.640. The lowest BCUT2D eigenvalue weighted by Crippen LogP contribution is -2.51. The largest absolute Gasteiger partial charge is 0.494 e. The molecule has 0 radical (unpaired) electrons. The maximum absolute atomic E-state index is 13.9. The monoisotopic (exact) mass is 473 g/mol. The number of carbonyl (C=O) groups is 2. The third kappa shape index (κ3) is 4.07. The summed E-state index contributed by atoms with van der Waals surface area (Å²) >= 11 is 0. The number of piperidine rings is 1. The van der Waals surface area contributed by atoms with Crippen LogP contribution in [0.1, 0.15) is 65.2 Å². The molecule has 7 nitrogen and oxygen atoms in total. The zero-order valence-corrected chi connectivity index (χ0v) is 22.3. The molecule has 2 unspecified atom stereocenters. The number of Topliss-reactive ketones (excluding diaryl/α,β-unsaturated/α-hetero) is 1. The van der Waals surface area contributed by atoms with Crippen LogP contribution in [0.15, 0.2) is 18.5 Å². The molecular formula is C25H39N3O4Si. The average molecular weight is 474 g/mol. The smallest absolute Gasteiger partial charge is 0.407 e. The van der Waals surface area contributed by atoms with Gasteiger partial charge in [0, 0.05) is 24.4 Å². The van der Waals surface area contributed by atoms with E-state index in [9.17, 15) is 14.7 Å². The van der Waals surface area contributed by atoms with Crippen molar-refractivity contribution in [2.45, 2.75) is 71.5 Å². The van der Waals surface area contributed by atoms with Crippen molar-refractivity contribution >= 4 is 31.1 Å². The van der Waals surface area contributed by atoms with Crippen LogP contribution in [0.4, 0.5) is 4.79 Å². The second-order valence-electron chi connectivity index (χ2n) is 10.4. The highest BCUT2D eigenvalue weighted by Crippen LogP contribution is 2.45. The number of ketones is 1. The Kier molecular flexibility index (Phi) is 7.26. The second-order valence-corrected chi connectivity index (χ2v) is 16.2. The van der Waals surface area contributed by atoms with Gasteiger partial charge in [-0.15, -0.1) is 0 Å². The van der Waals surface area contributed by atoms with Crippen molar-refractivity contribution in [3.63, 3.8) is 0 Å². The van der Waals surface area contributed by atoms with Gasteiger partial charge < -0.3 is 19.0 Å². The summed E-state index contributed by atoms with van der Waals surface area (Å²) in [5.74, 6) is 0.0933. The van der Waals surface area contributed by atoms with Gasteiger partial charge >= 0.3 is 6.09 Å². The molecule has 3 rings (SSSR count). The van der Waals surface area contributed by atoms with Gasteiger partial charge in [0.25, 0.3) is 0 Å². The van der Waals surface area contributed by atoms with Gasteiger partial charge in [0.15, 0.2) is 14.0 Å². The average Bonchev–Trinajstić information content (AvgIpc) is 3.16. The Morgan fingerprint density at radius 3 is 2.27 bits per heavy atom. The van der Waals surface area contributed by atoms with Crippen LogP contribution < -0.4 is 4.74 Å². The van der Waals surface area contributed by atoms with Crippen LogP contribution >= 0.6 is 0 Å². The second kappa shape index (κ2) is 9.48. The summed E-state index contributed by atoms with van der Waals surface area (Å²) < 4.78 is 8.00. The molecule has 0 aliphatic carbocycles. The standard InChI is InChI=1S/C25H39N3O4Si/c1-15(2)33(16(3)4,17(5)6)28-12-10-19-22(21(32-8)13-26-24(19)28)23(29)20-14-27(25(30)31)11-9-18(20)7/h10,12-13,15-18,20H,9,11,14H2,1-8H3,(H,30,31). The summed E-state index contributed by atoms with van der Waals surface area (Å²) in [6.45, 7) is 16.5. The van der Waals surface area contributed by atoms with E-state index in [4.69, 9.17) is 9.72 Å². The van der Waals surface area contributed by atoms with Crippen LogP contribution in [-0.2, 0) is 0 Å². The quantitative estimate of drug-likeness (QED) is 0.400. The number of carbonyl (C=O) groups excluding carboxylic acids is 1. The molecule has 1 aliphatic rings. The van der Waals surface area contributed by atoms with E-state index in [0.29, 0.717) is 40.9 Å². The van der Waals surface area contributed by atoms with Crippen LogP contribution in [0, 0.1) is 11.8 Å². The molecule has 1 saturated heterocycles. The van der Waals surface area contributed by atoms with Crippen molar-refractivity contribution in [1.29, 1.82) is 0 Å². The molecule has 1 amide bonds. The molecule has 1 fully saturated rings. The number of methoxy groups -OCH3 is 1. The number of hydrogen-bond donors (Lipinski definition) is 1. The van der Waals surface area contributed by atoms with E-state index < -0.39 is 20.2 Å². The number of nitrogens with zero attached hydrogens (tertiary/aromatic N) is 3. The Morgan fingerprint density at radius 2 is 1.76 bits per heavy atom. The number of aromatic nitrogens is 2. The zero-order valence-electron chi connectivity index (χ0n) is 21.3. The molecule has 0 saturated carbocycles. The molecule has 3 heterocycles. The predicted octanol–water partition coefficient (Wildman–Crippen LogP) is 5.89. The molecule has 182 valence electrons. The first-order valence-corrected chi connectivity index (χ1v) is 14.2. The maximum atomic E-state index is 13.9. The summed E-state index contributed by atoms with van der Waals surface area (Å²) in [6.07, 6.45) is 3.48. The molecule has 33 heavy (non-hydrogen) atoms. The molecule has 0 spiro atoms. The van der Waals surface area contributed by atoms with E-state index in [1.807, 2.05) is 13.0 Å². The minimum Gasteiger partial charge on any atom is -0.494 e. The van der Waals surface area contributed by atoms with Crippen LogP contribution in [-0.4, -0.2) is 59.5 Å². The Hall–Kier alpha value is -2.35. The SMILES string of the molecule is COc1cnc2c(ccn2[Si](C(C)C)(C(C)C)C(C)C)c1C(=O)C1CN(C(=O)O)CCC1C. The number of rotatable bonds is 7. The number of carboxylic acid groups (broad SMARTS) is 1. The third-order valence-corrected chi connectivity index (χ3v) is 14.6. The van der Waals surface area contributed by atoms with Crippen LogP contribution in [0.3, 0.4) is 0 Å². The van der Waals surface area contributed by atoms with Gasteiger partial charge in [0.05, 0.1) is 18.9 Å². The first kappa shape index (κ1) is 25.3. The summed E-state index contributed by atoms with van der Waals surface area (Å²) in [4.78, 5) is 31.6. The first-order valence-electron chi connectivity index (χ1n) is 12.0. The van der Waals surface area contributed by atoms with Gasteiger partial charge in [-0.05, 0) is 41.2 Å². The zero-order chi connectivity index (χ0) is 24.7. The summed E-state index contributed by atoms with van der Waals surface area (Å²) in [6, 6.07) is 2.01. The highest BCUT2D eigenvalue weighted by Gasteiger charge is 2.46. The molecule has 1 N–H and O–H groups in total. The highest BCUT2D eigenvalue weighted by atomic mass is 28.3. The number of pyridine rings is 1. The van der Waals surface area contributed by atoms with Crippen LogP contribution in [0.2, 0.25) is 16.6 Å². The highest BCUT2D eigenvalue weighted by molar-refractivity contribution is 6.82. The minimum atomic E-state index is -2.06. The van der Waals surface area contributed by atoms with Gasteiger partial charge in [-0.3, -0.25) is 4.79 Å². The Balaban J connectivity index is 2.20. The van der Waals surface area contributed by atoms with E-state index in [1.54, 1.807) is 13.3 Å². The molecule has 1 aliphatic heterocycles. The normalized spacial score (nSPS) is 19.7. The van der Waals surface area contributed by atoms with E-state index in [-0.39, 0.29) is 18.2 Å². The Labute approximate surface area is 198 Å². The minimum absolute atomic E-state index is 0.0543. The van der Waals surface area contributed by atoms with Gasteiger partial charge in [0.2, 0.25) is 0 Å². The van der Waals surface area contributed by atoms with Crippen LogP contribution in [0.25, 0.3) is 11.0 Å². The van der Waals surface area contributed by atoms with Crippen molar-refractivity contribution in [1.82, 2.24) is 14.1 Å². The van der Waals surface area contributed by atoms with Gasteiger partial charge in [-0.25, -0.2) is 9.78 Å². The first-order chi connectivity index (χ1) is 15.5. The molecule has 2 atom stereocenters. The molecule has 8 heteroatoms. The number of ether oxygens (including phenoxy) is 1. The number of hydrogen-bond acceptors (Lipinski definition) is 4. The Bertz CT molecular complexity index is 1010. The van der Waals surface area contributed by atoms with E-state index in [0.717, 1.165) is 11.0 Å². The lowest BCUT2D eigenvalue weighted by molar-refractivity contribution is 0.0705. The third-order valence-electron chi connectivity index (χ3n) is 7.90. The summed E-state index contributed by atoms with van der Waals surface area (Å²) in [5, 5.41) is 10.3. The van der Waals surface area contributed by atoms with E-state index in [1.165, 1.54) is 4.90 Å².